The molecule has 0 bridgehead atoms. The number of nitrogens with one attached hydrogen (secondary N) is 1. The minimum atomic E-state index is -0.462. The molecular formula is C18H17N3O3. The normalized spacial score (nSPS) is 14.9. The van der Waals surface area contributed by atoms with E-state index < -0.39 is 4.92 Å². The molecule has 1 aliphatic carbocycles. The molecule has 0 aromatic heterocycles. The van der Waals surface area contributed by atoms with Gasteiger partial charge >= 0.3 is 0 Å². The molecule has 0 saturated carbocycles. The molecule has 1 aliphatic rings. The van der Waals surface area contributed by atoms with Crippen LogP contribution in [-0.4, -0.2) is 16.5 Å². The van der Waals surface area contributed by atoms with E-state index >= 15 is 0 Å². The van der Waals surface area contributed by atoms with Gasteiger partial charge in [-0.15, -0.1) is 0 Å². The lowest BCUT2D eigenvalue weighted by Gasteiger charge is -2.17. The van der Waals surface area contributed by atoms with Crippen LogP contribution < -0.4 is 5.43 Å². The van der Waals surface area contributed by atoms with Crippen molar-refractivity contribution < 1.29 is 9.72 Å². The molecule has 1 N–H and O–H groups in total. The standard InChI is InChI=1S/C18H17N3O3/c22-18(12-13-8-10-15(11-9-13)21(23)24)20-19-17-7-3-5-14-4-1-2-6-16(14)17/h1-2,4,6,8-11H,3,5,7,12H2,(H,20,22)/b19-17+. The van der Waals surface area contributed by atoms with Crippen molar-refractivity contribution in [1.29, 1.82) is 0 Å². The number of fused-ring (bicyclic) bond motifs is 1. The van der Waals surface area contributed by atoms with Crippen LogP contribution in [0.5, 0.6) is 0 Å². The highest BCUT2D eigenvalue weighted by molar-refractivity contribution is 6.03. The van der Waals surface area contributed by atoms with Crippen molar-refractivity contribution in [1.82, 2.24) is 5.43 Å². The third-order valence-corrected chi connectivity index (χ3v) is 4.02. The second-order valence-electron chi connectivity index (χ2n) is 5.70. The lowest BCUT2D eigenvalue weighted by molar-refractivity contribution is -0.384. The fraction of sp³-hybridized carbons (Fsp3) is 0.222. The van der Waals surface area contributed by atoms with Crippen molar-refractivity contribution in [2.75, 3.05) is 0 Å². The third kappa shape index (κ3) is 3.65. The number of hydrazone groups is 1. The minimum Gasteiger partial charge on any atom is -0.273 e. The zero-order valence-corrected chi connectivity index (χ0v) is 13.1. The monoisotopic (exact) mass is 323 g/mol. The Bertz CT molecular complexity index is 797. The summed E-state index contributed by atoms with van der Waals surface area (Å²) in [6.07, 6.45) is 3.03. The number of nitro groups is 1. The molecule has 0 spiro atoms. The Morgan fingerprint density at radius 3 is 2.62 bits per heavy atom. The van der Waals surface area contributed by atoms with E-state index in [4.69, 9.17) is 0 Å². The van der Waals surface area contributed by atoms with Gasteiger partial charge in [-0.1, -0.05) is 36.4 Å². The van der Waals surface area contributed by atoms with Gasteiger partial charge in [0.2, 0.25) is 5.91 Å². The Morgan fingerprint density at radius 1 is 1.12 bits per heavy atom. The molecule has 0 heterocycles. The highest BCUT2D eigenvalue weighted by Crippen LogP contribution is 2.21. The molecule has 0 atom stereocenters. The number of carbonyl (C=O) groups is 1. The van der Waals surface area contributed by atoms with E-state index in [2.05, 4.69) is 16.6 Å². The Labute approximate surface area is 139 Å². The third-order valence-electron chi connectivity index (χ3n) is 4.02. The van der Waals surface area contributed by atoms with Crippen molar-refractivity contribution in [2.24, 2.45) is 5.10 Å². The zero-order valence-electron chi connectivity index (χ0n) is 13.1. The molecule has 122 valence electrons. The van der Waals surface area contributed by atoms with Crippen LogP contribution in [0.3, 0.4) is 0 Å². The number of benzene rings is 2. The minimum absolute atomic E-state index is 0.0122. The van der Waals surface area contributed by atoms with E-state index in [0.717, 1.165) is 30.5 Å². The second kappa shape index (κ2) is 7.04. The molecular weight excluding hydrogens is 306 g/mol. The SMILES string of the molecule is O=C(Cc1ccc([N+](=O)[O-])cc1)N/N=C1\CCCc2ccccc21. The summed E-state index contributed by atoms with van der Waals surface area (Å²) in [6, 6.07) is 14.0. The van der Waals surface area contributed by atoms with E-state index in [1.807, 2.05) is 18.2 Å². The lowest BCUT2D eigenvalue weighted by atomic mass is 9.90. The van der Waals surface area contributed by atoms with Gasteiger partial charge in [0.15, 0.2) is 0 Å². The molecule has 2 aromatic rings. The first-order valence-corrected chi connectivity index (χ1v) is 7.80. The number of carbonyl (C=O) groups excluding carboxylic acids is 1. The number of hydrogen-bond donors (Lipinski definition) is 1. The van der Waals surface area contributed by atoms with E-state index in [0.29, 0.717) is 5.56 Å². The highest BCUT2D eigenvalue weighted by atomic mass is 16.6. The van der Waals surface area contributed by atoms with Crippen molar-refractivity contribution >= 4 is 17.3 Å². The summed E-state index contributed by atoms with van der Waals surface area (Å²) in [7, 11) is 0. The van der Waals surface area contributed by atoms with Crippen molar-refractivity contribution in [3.05, 3.63) is 75.3 Å². The van der Waals surface area contributed by atoms with Crippen LogP contribution in [0.4, 0.5) is 5.69 Å². The number of amides is 1. The van der Waals surface area contributed by atoms with E-state index in [1.54, 1.807) is 12.1 Å². The van der Waals surface area contributed by atoms with Gasteiger partial charge in [-0.3, -0.25) is 14.9 Å². The molecule has 0 aliphatic heterocycles. The summed E-state index contributed by atoms with van der Waals surface area (Å²) < 4.78 is 0. The van der Waals surface area contributed by atoms with Crippen LogP contribution in [0.1, 0.15) is 29.5 Å². The molecule has 1 amide bonds. The van der Waals surface area contributed by atoms with Gasteiger partial charge in [-0.2, -0.15) is 5.10 Å². The lowest BCUT2D eigenvalue weighted by Crippen LogP contribution is -2.23. The first-order chi connectivity index (χ1) is 11.6. The summed E-state index contributed by atoms with van der Waals surface area (Å²) in [4.78, 5) is 22.2. The largest absolute Gasteiger partial charge is 0.273 e. The summed E-state index contributed by atoms with van der Waals surface area (Å²) in [5.41, 5.74) is 6.57. The van der Waals surface area contributed by atoms with Gasteiger partial charge in [0.1, 0.15) is 0 Å². The van der Waals surface area contributed by atoms with Crippen LogP contribution >= 0.6 is 0 Å². The number of nitrogens with zero attached hydrogens (tertiary/aromatic N) is 2. The molecule has 0 radical (unpaired) electrons. The summed E-state index contributed by atoms with van der Waals surface area (Å²) in [5.74, 6) is -0.237. The molecule has 6 nitrogen and oxygen atoms in total. The smallest absolute Gasteiger partial charge is 0.269 e. The summed E-state index contributed by atoms with van der Waals surface area (Å²) in [6.45, 7) is 0. The topological polar surface area (TPSA) is 84.6 Å². The number of aryl methyl sites for hydroxylation is 1. The van der Waals surface area contributed by atoms with Gasteiger partial charge < -0.3 is 0 Å². The first-order valence-electron chi connectivity index (χ1n) is 7.80. The van der Waals surface area contributed by atoms with Gasteiger partial charge in [0.05, 0.1) is 17.1 Å². The van der Waals surface area contributed by atoms with Crippen LogP contribution in [0.2, 0.25) is 0 Å². The van der Waals surface area contributed by atoms with Gasteiger partial charge in [-0.25, -0.2) is 5.43 Å². The number of rotatable bonds is 4. The van der Waals surface area contributed by atoms with Crippen molar-refractivity contribution in [2.45, 2.75) is 25.7 Å². The average molecular weight is 323 g/mol. The number of nitro benzene ring substituents is 1. The number of non-ortho nitro benzene ring substituents is 1. The van der Waals surface area contributed by atoms with Crippen molar-refractivity contribution in [3.63, 3.8) is 0 Å². The van der Waals surface area contributed by atoms with Gasteiger partial charge in [0, 0.05) is 17.7 Å². The Morgan fingerprint density at radius 2 is 1.88 bits per heavy atom. The molecule has 6 heteroatoms. The van der Waals surface area contributed by atoms with Crippen LogP contribution in [0, 0.1) is 10.1 Å². The zero-order chi connectivity index (χ0) is 16.9. The van der Waals surface area contributed by atoms with Gasteiger partial charge in [-0.05, 0) is 30.4 Å². The highest BCUT2D eigenvalue weighted by Gasteiger charge is 2.15. The van der Waals surface area contributed by atoms with Crippen LogP contribution in [-0.2, 0) is 17.6 Å². The van der Waals surface area contributed by atoms with E-state index in [-0.39, 0.29) is 18.0 Å². The summed E-state index contributed by atoms with van der Waals surface area (Å²) in [5, 5.41) is 14.9. The maximum absolute atomic E-state index is 12.0. The molecule has 0 fully saturated rings. The molecule has 0 saturated heterocycles. The van der Waals surface area contributed by atoms with Crippen LogP contribution in [0.25, 0.3) is 0 Å². The fourth-order valence-corrected chi connectivity index (χ4v) is 2.81. The van der Waals surface area contributed by atoms with E-state index in [1.165, 1.54) is 17.7 Å². The Hall–Kier alpha value is -3.02. The molecule has 24 heavy (non-hydrogen) atoms. The van der Waals surface area contributed by atoms with E-state index in [9.17, 15) is 14.9 Å². The second-order valence-corrected chi connectivity index (χ2v) is 5.70. The number of hydrogen-bond acceptors (Lipinski definition) is 4. The predicted octanol–water partition coefficient (Wildman–Crippen LogP) is 2.99. The maximum atomic E-state index is 12.0. The molecule has 2 aromatic carbocycles. The Kier molecular flexibility index (Phi) is 4.65. The molecule has 3 rings (SSSR count). The average Bonchev–Trinajstić information content (AvgIpc) is 2.60. The maximum Gasteiger partial charge on any atom is 0.269 e. The molecule has 0 unspecified atom stereocenters. The van der Waals surface area contributed by atoms with Gasteiger partial charge in [0.25, 0.3) is 5.69 Å². The van der Waals surface area contributed by atoms with Crippen LogP contribution in [0.15, 0.2) is 53.6 Å². The fourth-order valence-electron chi connectivity index (χ4n) is 2.81. The summed E-state index contributed by atoms with van der Waals surface area (Å²) >= 11 is 0. The Balaban J connectivity index is 1.64. The predicted molar refractivity (Wildman–Crippen MR) is 90.9 cm³/mol. The van der Waals surface area contributed by atoms with Crippen molar-refractivity contribution in [3.8, 4) is 0 Å². The quantitative estimate of drug-likeness (QED) is 0.693. The first kappa shape index (κ1) is 15.9.